The molecule has 0 unspecified atom stereocenters. The summed E-state index contributed by atoms with van der Waals surface area (Å²) in [6.07, 6.45) is 9.51. The number of carboxylic acid groups (broad SMARTS) is 1. The molecule has 3 aliphatic rings. The molecule has 10 nitrogen and oxygen atoms in total. The summed E-state index contributed by atoms with van der Waals surface area (Å²) >= 11 is 0. The number of aryl methyl sites for hydroxylation is 2. The van der Waals surface area contributed by atoms with Crippen molar-refractivity contribution in [3.05, 3.63) is 93.5 Å². The minimum Gasteiger partial charge on any atom is -0.465 e. The molecule has 2 atom stereocenters. The molecular weight excluding hydrogens is 609 g/mol. The largest absolute Gasteiger partial charge is 0.465 e. The lowest BCUT2D eigenvalue weighted by Crippen LogP contribution is -2.48. The van der Waals surface area contributed by atoms with Gasteiger partial charge in [-0.25, -0.2) is 9.18 Å². The van der Waals surface area contributed by atoms with Crippen molar-refractivity contribution < 1.29 is 14.3 Å². The average molecular weight is 654 g/mol. The number of halogens is 1. The Morgan fingerprint density at radius 1 is 0.958 bits per heavy atom. The van der Waals surface area contributed by atoms with E-state index in [9.17, 15) is 14.7 Å². The van der Waals surface area contributed by atoms with E-state index >= 15 is 4.39 Å². The number of carbonyl (C=O) groups is 1. The van der Waals surface area contributed by atoms with Gasteiger partial charge in [0.15, 0.2) is 5.43 Å². The molecule has 1 saturated carbocycles. The minimum atomic E-state index is -0.989. The van der Waals surface area contributed by atoms with E-state index in [2.05, 4.69) is 36.5 Å². The van der Waals surface area contributed by atoms with Crippen LogP contribution in [0.2, 0.25) is 0 Å². The van der Waals surface area contributed by atoms with E-state index in [-0.39, 0.29) is 23.6 Å². The summed E-state index contributed by atoms with van der Waals surface area (Å²) in [5.74, 6) is -0.448. The maximum atomic E-state index is 15.9. The van der Waals surface area contributed by atoms with Crippen LogP contribution in [0.4, 0.5) is 20.6 Å². The quantitative estimate of drug-likeness (QED) is 0.244. The molecule has 252 valence electrons. The zero-order valence-electron chi connectivity index (χ0n) is 28.0. The van der Waals surface area contributed by atoms with Crippen LogP contribution in [0.25, 0.3) is 10.9 Å². The number of hydrogen-bond acceptors (Lipinski definition) is 7. The Morgan fingerprint density at radius 2 is 1.77 bits per heavy atom. The van der Waals surface area contributed by atoms with E-state index in [1.165, 1.54) is 11.0 Å². The maximum Gasteiger partial charge on any atom is 0.407 e. The predicted molar refractivity (Wildman–Crippen MR) is 185 cm³/mol. The van der Waals surface area contributed by atoms with Crippen LogP contribution in [0.15, 0.2) is 59.8 Å². The molecule has 0 spiro atoms. The molecular formula is C37H44FN7O3. The molecule has 2 aliphatic heterocycles. The van der Waals surface area contributed by atoms with E-state index in [0.717, 1.165) is 66.9 Å². The van der Waals surface area contributed by atoms with E-state index in [1.807, 2.05) is 55.5 Å². The molecule has 2 saturated heterocycles. The number of piperidine rings is 1. The lowest BCUT2D eigenvalue weighted by molar-refractivity contribution is 0.142. The molecule has 5 heterocycles. The summed E-state index contributed by atoms with van der Waals surface area (Å²) in [6.45, 7) is 7.86. The van der Waals surface area contributed by atoms with Crippen LogP contribution >= 0.6 is 0 Å². The highest BCUT2D eigenvalue weighted by molar-refractivity contribution is 5.84. The standard InChI is InChI=1S/C37H44FN7O3/c1-24-6-7-29(18-40-24)42-13-4-5-31(23-42)44(19-26-10-12-39-25(2)15-26)20-27-21-45(28-8-9-28)34-17-35(33(38)16-32(34)36(27)46)43-14-11-30(22-43)41(3)37(47)48/h6-7,10,12,15-18,21,28,30-31H,4-5,8-9,11,13-14,19-20,22-23H2,1-3H3,(H,47,48)/t30-,31-/m0/s1. The highest BCUT2D eigenvalue weighted by Crippen LogP contribution is 2.39. The maximum absolute atomic E-state index is 15.9. The van der Waals surface area contributed by atoms with Gasteiger partial charge in [0, 0.05) is 93.1 Å². The molecule has 3 aromatic heterocycles. The number of likely N-dealkylation sites (N-methyl/N-ethyl adjacent to an activating group) is 1. The number of anilines is 2. The van der Waals surface area contributed by atoms with Crippen LogP contribution in [-0.2, 0) is 13.1 Å². The molecule has 1 amide bonds. The van der Waals surface area contributed by atoms with Gasteiger partial charge >= 0.3 is 6.09 Å². The van der Waals surface area contributed by atoms with Gasteiger partial charge in [0.05, 0.1) is 29.1 Å². The van der Waals surface area contributed by atoms with Gasteiger partial charge in [-0.05, 0) is 87.9 Å². The normalized spacial score (nSPS) is 19.8. The number of hydrogen-bond donors (Lipinski definition) is 1. The summed E-state index contributed by atoms with van der Waals surface area (Å²) in [6, 6.07) is 11.8. The van der Waals surface area contributed by atoms with Crippen LogP contribution in [-0.4, -0.2) is 80.8 Å². The minimum absolute atomic E-state index is 0.136. The van der Waals surface area contributed by atoms with Crippen molar-refractivity contribution in [2.75, 3.05) is 43.0 Å². The van der Waals surface area contributed by atoms with E-state index < -0.39 is 11.9 Å². The summed E-state index contributed by atoms with van der Waals surface area (Å²) in [4.78, 5) is 42.7. The van der Waals surface area contributed by atoms with Gasteiger partial charge in [0.25, 0.3) is 0 Å². The predicted octanol–water partition coefficient (Wildman–Crippen LogP) is 5.74. The number of fused-ring (bicyclic) bond motifs is 1. The Labute approximate surface area is 280 Å². The van der Waals surface area contributed by atoms with Crippen LogP contribution in [0.3, 0.4) is 0 Å². The third kappa shape index (κ3) is 6.60. The summed E-state index contributed by atoms with van der Waals surface area (Å²) in [5.41, 5.74) is 5.90. The number of benzene rings is 1. The zero-order chi connectivity index (χ0) is 33.5. The highest BCUT2D eigenvalue weighted by atomic mass is 19.1. The highest BCUT2D eigenvalue weighted by Gasteiger charge is 2.32. The van der Waals surface area contributed by atoms with Crippen LogP contribution in [0, 0.1) is 19.7 Å². The first-order chi connectivity index (χ1) is 23.1. The van der Waals surface area contributed by atoms with Crippen LogP contribution < -0.4 is 15.2 Å². The van der Waals surface area contributed by atoms with Crippen molar-refractivity contribution in [1.82, 2.24) is 24.3 Å². The first kappa shape index (κ1) is 32.1. The third-order valence-electron chi connectivity index (χ3n) is 10.4. The molecule has 1 aromatic carbocycles. The first-order valence-corrected chi connectivity index (χ1v) is 17.1. The second-order valence-electron chi connectivity index (χ2n) is 13.8. The molecule has 7 rings (SSSR count). The molecule has 3 fully saturated rings. The van der Waals surface area contributed by atoms with E-state index in [4.69, 9.17) is 0 Å². The van der Waals surface area contributed by atoms with Crippen molar-refractivity contribution in [1.29, 1.82) is 0 Å². The average Bonchev–Trinajstić information content (AvgIpc) is 3.81. The Morgan fingerprint density at radius 3 is 2.50 bits per heavy atom. The fourth-order valence-corrected chi connectivity index (χ4v) is 7.46. The van der Waals surface area contributed by atoms with Crippen LogP contribution in [0.1, 0.15) is 60.7 Å². The molecule has 1 aliphatic carbocycles. The van der Waals surface area contributed by atoms with Crippen LogP contribution in [0.5, 0.6) is 0 Å². The topological polar surface area (TPSA) is 98.0 Å². The van der Waals surface area contributed by atoms with E-state index in [0.29, 0.717) is 49.2 Å². The molecule has 11 heteroatoms. The number of aromatic nitrogens is 3. The Bertz CT molecular complexity index is 1880. The summed E-state index contributed by atoms with van der Waals surface area (Å²) in [7, 11) is 1.56. The number of amides is 1. The van der Waals surface area contributed by atoms with Gasteiger partial charge < -0.3 is 24.4 Å². The first-order valence-electron chi connectivity index (χ1n) is 17.1. The second-order valence-corrected chi connectivity index (χ2v) is 13.8. The smallest absolute Gasteiger partial charge is 0.407 e. The third-order valence-corrected chi connectivity index (χ3v) is 10.4. The number of nitrogens with zero attached hydrogens (tertiary/aromatic N) is 7. The van der Waals surface area contributed by atoms with Crippen molar-refractivity contribution in [3.63, 3.8) is 0 Å². The fraction of sp³-hybridized carbons (Fsp3) is 0.459. The van der Waals surface area contributed by atoms with Gasteiger partial charge in [-0.1, -0.05) is 0 Å². The van der Waals surface area contributed by atoms with Crippen molar-refractivity contribution in [2.45, 2.75) is 77.2 Å². The SMILES string of the molecule is Cc1ccc(N2CCC[C@H](N(Cc3ccnc(C)c3)Cc3cn(C4CC4)c4cc(N5CC[C@H](N(C)C(=O)O)C5)c(F)cc4c3=O)C2)cn1. The molecule has 48 heavy (non-hydrogen) atoms. The summed E-state index contributed by atoms with van der Waals surface area (Å²) < 4.78 is 18.1. The number of pyridine rings is 3. The molecule has 4 aromatic rings. The van der Waals surface area contributed by atoms with Crippen molar-refractivity contribution in [3.8, 4) is 0 Å². The van der Waals surface area contributed by atoms with Gasteiger partial charge in [-0.3, -0.25) is 19.7 Å². The van der Waals surface area contributed by atoms with Crippen molar-refractivity contribution in [2.24, 2.45) is 0 Å². The molecule has 0 bridgehead atoms. The van der Waals surface area contributed by atoms with Gasteiger partial charge in [-0.15, -0.1) is 0 Å². The Balaban J connectivity index is 1.22. The zero-order valence-corrected chi connectivity index (χ0v) is 28.0. The Kier molecular flexibility index (Phi) is 8.80. The molecule has 0 radical (unpaired) electrons. The van der Waals surface area contributed by atoms with Crippen molar-refractivity contribution >= 4 is 28.4 Å². The lowest BCUT2D eigenvalue weighted by atomic mass is 10.0. The summed E-state index contributed by atoms with van der Waals surface area (Å²) in [5, 5.41) is 9.85. The van der Waals surface area contributed by atoms with E-state index in [1.54, 1.807) is 7.05 Å². The lowest BCUT2D eigenvalue weighted by Gasteiger charge is -2.40. The van der Waals surface area contributed by atoms with Gasteiger partial charge in [0.1, 0.15) is 5.82 Å². The van der Waals surface area contributed by atoms with Gasteiger partial charge in [-0.2, -0.15) is 0 Å². The fourth-order valence-electron chi connectivity index (χ4n) is 7.46. The second kappa shape index (κ2) is 13.2. The molecule has 1 N–H and O–H groups in total. The monoisotopic (exact) mass is 653 g/mol. The Hall–Kier alpha value is -4.51. The van der Waals surface area contributed by atoms with Gasteiger partial charge in [0.2, 0.25) is 0 Å². The number of rotatable bonds is 9.